The van der Waals surface area contributed by atoms with Crippen molar-refractivity contribution < 1.29 is 9.59 Å². The van der Waals surface area contributed by atoms with E-state index < -0.39 is 0 Å². The van der Waals surface area contributed by atoms with E-state index in [2.05, 4.69) is 4.99 Å². The van der Waals surface area contributed by atoms with Crippen LogP contribution in [0.1, 0.15) is 15.9 Å². The van der Waals surface area contributed by atoms with Gasteiger partial charge < -0.3 is 9.80 Å². The van der Waals surface area contributed by atoms with Crippen LogP contribution < -0.4 is 9.80 Å². The van der Waals surface area contributed by atoms with E-state index in [1.54, 1.807) is 31.3 Å². The van der Waals surface area contributed by atoms with Gasteiger partial charge in [-0.05, 0) is 60.2 Å². The molecule has 2 aromatic carbocycles. The minimum Gasteiger partial charge on any atom is -0.378 e. The standard InChI is InChI=1S/C24H26N4O2/c1-26(2)19-10-6-17(7-11-19)16-21-24(30)28(5)23(25-21)15-14-22(29)18-8-12-20(13-9-18)27(3)4/h6-16H,1-5H3/b15-14+,21-16-. The van der Waals surface area contributed by atoms with Gasteiger partial charge >= 0.3 is 0 Å². The number of nitrogens with zero attached hydrogens (tertiary/aromatic N) is 4. The number of hydrogen-bond acceptors (Lipinski definition) is 5. The summed E-state index contributed by atoms with van der Waals surface area (Å²) < 4.78 is 0. The lowest BCUT2D eigenvalue weighted by Crippen LogP contribution is -2.26. The number of hydrogen-bond donors (Lipinski definition) is 0. The molecule has 0 aliphatic carbocycles. The summed E-state index contributed by atoms with van der Waals surface area (Å²) in [5.41, 5.74) is 3.92. The van der Waals surface area contributed by atoms with Gasteiger partial charge in [0.25, 0.3) is 5.91 Å². The van der Waals surface area contributed by atoms with Crippen molar-refractivity contribution in [2.45, 2.75) is 0 Å². The van der Waals surface area contributed by atoms with Gasteiger partial charge in [-0.25, -0.2) is 4.99 Å². The van der Waals surface area contributed by atoms with Crippen molar-refractivity contribution in [1.82, 2.24) is 4.90 Å². The Bertz CT molecular complexity index is 1030. The number of ketones is 1. The first-order valence-electron chi connectivity index (χ1n) is 9.62. The zero-order valence-corrected chi connectivity index (χ0v) is 18.0. The number of allylic oxidation sites excluding steroid dienone is 1. The summed E-state index contributed by atoms with van der Waals surface area (Å²) in [6.45, 7) is 0. The fourth-order valence-corrected chi connectivity index (χ4v) is 2.96. The van der Waals surface area contributed by atoms with Gasteiger partial charge in [0.05, 0.1) is 0 Å². The molecule has 0 bridgehead atoms. The highest BCUT2D eigenvalue weighted by Gasteiger charge is 2.25. The molecule has 0 spiro atoms. The van der Waals surface area contributed by atoms with E-state index in [1.807, 2.05) is 74.4 Å². The first-order valence-corrected chi connectivity index (χ1v) is 9.62. The lowest BCUT2D eigenvalue weighted by molar-refractivity contribution is -0.121. The van der Waals surface area contributed by atoms with Gasteiger partial charge in [-0.15, -0.1) is 0 Å². The summed E-state index contributed by atoms with van der Waals surface area (Å²) in [5.74, 6) is 0.101. The maximum absolute atomic E-state index is 12.5. The second-order valence-electron chi connectivity index (χ2n) is 7.49. The first-order chi connectivity index (χ1) is 14.3. The molecule has 2 aromatic rings. The van der Waals surface area contributed by atoms with E-state index >= 15 is 0 Å². The summed E-state index contributed by atoms with van der Waals surface area (Å²) in [4.78, 5) is 34.8. The maximum Gasteiger partial charge on any atom is 0.277 e. The van der Waals surface area contributed by atoms with Crippen LogP contribution in [0.15, 0.2) is 71.4 Å². The monoisotopic (exact) mass is 402 g/mol. The highest BCUT2D eigenvalue weighted by Crippen LogP contribution is 2.20. The van der Waals surface area contributed by atoms with Crippen LogP contribution in [0.2, 0.25) is 0 Å². The van der Waals surface area contributed by atoms with E-state index in [0.717, 1.165) is 16.9 Å². The molecule has 0 fully saturated rings. The molecule has 0 radical (unpaired) electrons. The molecular formula is C24H26N4O2. The first kappa shape index (κ1) is 21.0. The van der Waals surface area contributed by atoms with Crippen molar-refractivity contribution in [1.29, 1.82) is 0 Å². The number of benzene rings is 2. The van der Waals surface area contributed by atoms with Crippen LogP contribution in [-0.4, -0.2) is 57.7 Å². The third-order valence-corrected chi connectivity index (χ3v) is 4.87. The quantitative estimate of drug-likeness (QED) is 0.548. The molecule has 0 atom stereocenters. The Labute approximate surface area is 177 Å². The Balaban J connectivity index is 1.76. The molecule has 30 heavy (non-hydrogen) atoms. The number of rotatable bonds is 6. The smallest absolute Gasteiger partial charge is 0.277 e. The molecule has 0 unspecified atom stereocenters. The number of amides is 1. The third kappa shape index (κ3) is 4.66. The van der Waals surface area contributed by atoms with Gasteiger partial charge in [0, 0.05) is 52.2 Å². The summed E-state index contributed by atoms with van der Waals surface area (Å²) in [6.07, 6.45) is 4.78. The summed E-state index contributed by atoms with van der Waals surface area (Å²) in [5, 5.41) is 0. The van der Waals surface area contributed by atoms with Crippen LogP contribution in [0.25, 0.3) is 6.08 Å². The van der Waals surface area contributed by atoms with Crippen LogP contribution in [-0.2, 0) is 4.79 Å². The van der Waals surface area contributed by atoms with Crippen molar-refractivity contribution >= 4 is 35.0 Å². The molecule has 3 rings (SSSR count). The van der Waals surface area contributed by atoms with E-state index in [4.69, 9.17) is 0 Å². The molecule has 6 heteroatoms. The van der Waals surface area contributed by atoms with Crippen LogP contribution in [0.4, 0.5) is 11.4 Å². The summed E-state index contributed by atoms with van der Waals surface area (Å²) in [6, 6.07) is 15.2. The van der Waals surface area contributed by atoms with Gasteiger partial charge in [0.15, 0.2) is 5.78 Å². The number of likely N-dealkylation sites (N-methyl/N-ethyl adjacent to an activating group) is 1. The van der Waals surface area contributed by atoms with Gasteiger partial charge in [-0.3, -0.25) is 14.5 Å². The van der Waals surface area contributed by atoms with Gasteiger partial charge in [-0.2, -0.15) is 0 Å². The largest absolute Gasteiger partial charge is 0.378 e. The summed E-state index contributed by atoms with van der Waals surface area (Å²) >= 11 is 0. The maximum atomic E-state index is 12.5. The second-order valence-corrected chi connectivity index (χ2v) is 7.49. The fourth-order valence-electron chi connectivity index (χ4n) is 2.96. The van der Waals surface area contributed by atoms with Crippen molar-refractivity contribution in [2.75, 3.05) is 45.0 Å². The highest BCUT2D eigenvalue weighted by atomic mass is 16.2. The minimum atomic E-state index is -0.200. The van der Waals surface area contributed by atoms with Crippen molar-refractivity contribution in [3.8, 4) is 0 Å². The SMILES string of the molecule is CN1C(=O)/C(=C/c2ccc(N(C)C)cc2)N=C1/C=C/C(=O)c1ccc(N(C)C)cc1. The average molecular weight is 402 g/mol. The zero-order chi connectivity index (χ0) is 21.8. The number of amidine groups is 1. The van der Waals surface area contributed by atoms with Crippen LogP contribution in [0.5, 0.6) is 0 Å². The number of aliphatic imine (C=N–C) groups is 1. The molecule has 1 aliphatic heterocycles. The molecule has 6 nitrogen and oxygen atoms in total. The Morgan fingerprint density at radius 2 is 1.43 bits per heavy atom. The van der Waals surface area contributed by atoms with Gasteiger partial charge in [-0.1, -0.05) is 12.1 Å². The van der Waals surface area contributed by atoms with E-state index in [0.29, 0.717) is 17.1 Å². The number of carbonyl (C=O) groups is 2. The predicted octanol–water partition coefficient (Wildman–Crippen LogP) is 3.47. The van der Waals surface area contributed by atoms with Crippen molar-refractivity contribution in [3.05, 3.63) is 77.5 Å². The third-order valence-electron chi connectivity index (χ3n) is 4.87. The highest BCUT2D eigenvalue weighted by molar-refractivity contribution is 6.19. The predicted molar refractivity (Wildman–Crippen MR) is 123 cm³/mol. The van der Waals surface area contributed by atoms with Crippen LogP contribution in [0, 0.1) is 0 Å². The molecular weight excluding hydrogens is 376 g/mol. The van der Waals surface area contributed by atoms with Crippen LogP contribution in [0.3, 0.4) is 0 Å². The topological polar surface area (TPSA) is 56.2 Å². The van der Waals surface area contributed by atoms with Gasteiger partial charge in [0.2, 0.25) is 0 Å². The van der Waals surface area contributed by atoms with Crippen molar-refractivity contribution in [2.24, 2.45) is 4.99 Å². The molecule has 0 N–H and O–H groups in total. The lowest BCUT2D eigenvalue weighted by Gasteiger charge is -2.12. The fraction of sp³-hybridized carbons (Fsp3) is 0.208. The molecule has 1 heterocycles. The number of anilines is 2. The second kappa shape index (κ2) is 8.78. The minimum absolute atomic E-state index is 0.138. The van der Waals surface area contributed by atoms with Crippen molar-refractivity contribution in [3.63, 3.8) is 0 Å². The molecule has 154 valence electrons. The molecule has 1 amide bonds. The van der Waals surface area contributed by atoms with E-state index in [-0.39, 0.29) is 11.7 Å². The lowest BCUT2D eigenvalue weighted by atomic mass is 10.1. The Kier molecular flexibility index (Phi) is 6.16. The Morgan fingerprint density at radius 1 is 0.900 bits per heavy atom. The summed E-state index contributed by atoms with van der Waals surface area (Å²) in [7, 11) is 9.50. The normalized spacial score (nSPS) is 15.1. The van der Waals surface area contributed by atoms with E-state index in [1.165, 1.54) is 11.0 Å². The molecule has 0 saturated carbocycles. The Hall–Kier alpha value is -3.67. The average Bonchev–Trinajstić information content (AvgIpc) is 3.00. The van der Waals surface area contributed by atoms with Gasteiger partial charge in [0.1, 0.15) is 11.5 Å². The van der Waals surface area contributed by atoms with E-state index in [9.17, 15) is 9.59 Å². The molecule has 1 aliphatic rings. The molecule has 0 aromatic heterocycles. The zero-order valence-electron chi connectivity index (χ0n) is 18.0. The molecule has 0 saturated heterocycles. The number of carbonyl (C=O) groups excluding carboxylic acids is 2. The Morgan fingerprint density at radius 3 is 1.97 bits per heavy atom. The van der Waals surface area contributed by atoms with Crippen LogP contribution >= 0.6 is 0 Å².